The zero-order valence-corrected chi connectivity index (χ0v) is 14.3. The van der Waals surface area contributed by atoms with Gasteiger partial charge < -0.3 is 25.1 Å². The van der Waals surface area contributed by atoms with E-state index in [-0.39, 0.29) is 5.82 Å². The molecule has 0 saturated carbocycles. The van der Waals surface area contributed by atoms with Crippen LogP contribution in [-0.4, -0.2) is 63.8 Å². The summed E-state index contributed by atoms with van der Waals surface area (Å²) < 4.78 is 18.2. The molecular weight excluding hydrogens is 314 g/mol. The van der Waals surface area contributed by atoms with Crippen LogP contribution in [-0.2, 0) is 14.2 Å². The van der Waals surface area contributed by atoms with Crippen LogP contribution >= 0.6 is 0 Å². The summed E-state index contributed by atoms with van der Waals surface area (Å²) in [6.07, 6.45) is 1.55. The number of nitrogens with two attached hydrogens (primary N) is 1. The lowest BCUT2D eigenvalue weighted by Gasteiger charge is -2.30. The molecule has 9 nitrogen and oxygen atoms in total. The Morgan fingerprint density at radius 2 is 2.08 bits per heavy atom. The zero-order chi connectivity index (χ0) is 17.5. The van der Waals surface area contributed by atoms with Crippen molar-refractivity contribution in [1.82, 2.24) is 19.5 Å². The highest BCUT2D eigenvalue weighted by Gasteiger charge is 2.32. The number of fused-ring (bicyclic) bond motifs is 1. The number of rotatable bonds is 10. The van der Waals surface area contributed by atoms with Crippen LogP contribution in [0.4, 0.5) is 5.82 Å². The van der Waals surface area contributed by atoms with Gasteiger partial charge in [-0.05, 0) is 13.3 Å². The second kappa shape index (κ2) is 8.88. The maximum absolute atomic E-state index is 10.8. The topological polar surface area (TPSA) is 118 Å². The van der Waals surface area contributed by atoms with Gasteiger partial charge in [-0.15, -0.1) is 0 Å². The fourth-order valence-electron chi connectivity index (χ4n) is 2.44. The summed E-state index contributed by atoms with van der Waals surface area (Å²) >= 11 is 0. The monoisotopic (exact) mass is 339 g/mol. The summed E-state index contributed by atoms with van der Waals surface area (Å²) in [6, 6.07) is 0. The second-order valence-corrected chi connectivity index (χ2v) is 5.27. The van der Waals surface area contributed by atoms with Crippen molar-refractivity contribution in [3.63, 3.8) is 0 Å². The second-order valence-electron chi connectivity index (χ2n) is 5.27. The van der Waals surface area contributed by atoms with E-state index in [4.69, 9.17) is 19.9 Å². The minimum atomic E-state index is -1.06. The van der Waals surface area contributed by atoms with Crippen LogP contribution in [0.5, 0.6) is 0 Å². The third-order valence-electron chi connectivity index (χ3n) is 3.62. The predicted molar refractivity (Wildman–Crippen MR) is 88.3 cm³/mol. The average molecular weight is 339 g/mol. The molecule has 24 heavy (non-hydrogen) atoms. The Kier molecular flexibility index (Phi) is 6.85. The van der Waals surface area contributed by atoms with Gasteiger partial charge >= 0.3 is 0 Å². The van der Waals surface area contributed by atoms with Crippen molar-refractivity contribution < 1.29 is 19.3 Å². The van der Waals surface area contributed by atoms with Gasteiger partial charge in [0.25, 0.3) is 0 Å². The number of nitrogen functional groups attached to an aromatic ring is 1. The van der Waals surface area contributed by atoms with Crippen molar-refractivity contribution >= 4 is 17.0 Å². The maximum atomic E-state index is 10.8. The van der Waals surface area contributed by atoms with E-state index in [9.17, 15) is 5.11 Å². The standard InChI is InChI=1S/C15H25N5O4/c1-4-6-23-7-10(22-3)12(24-5-2)15(21)20-9-19-11-13(16)17-8-18-14(11)20/h8-10,12,15,21H,4-7H2,1-3H3,(H2,16,17,18)/t10-,12-,15+/m1/s1. The third kappa shape index (κ3) is 3.99. The lowest BCUT2D eigenvalue weighted by Crippen LogP contribution is -2.41. The highest BCUT2D eigenvalue weighted by molar-refractivity contribution is 5.81. The Labute approximate surface area is 140 Å². The summed E-state index contributed by atoms with van der Waals surface area (Å²) in [5.41, 5.74) is 6.65. The number of aliphatic hydroxyl groups excluding tert-OH is 1. The zero-order valence-electron chi connectivity index (χ0n) is 14.3. The van der Waals surface area contributed by atoms with Crippen LogP contribution in [0.25, 0.3) is 11.2 Å². The summed E-state index contributed by atoms with van der Waals surface area (Å²) in [7, 11) is 1.56. The molecular formula is C15H25N5O4. The smallest absolute Gasteiger partial charge is 0.167 e. The number of hydrogen-bond acceptors (Lipinski definition) is 8. The highest BCUT2D eigenvalue weighted by Crippen LogP contribution is 2.23. The largest absolute Gasteiger partial charge is 0.382 e. The van der Waals surface area contributed by atoms with E-state index in [1.165, 1.54) is 17.2 Å². The Hall–Kier alpha value is -1.81. The lowest BCUT2D eigenvalue weighted by molar-refractivity contribution is -0.149. The molecule has 134 valence electrons. The number of ether oxygens (including phenoxy) is 3. The van der Waals surface area contributed by atoms with Crippen LogP contribution in [0.15, 0.2) is 12.7 Å². The van der Waals surface area contributed by atoms with Gasteiger partial charge in [-0.25, -0.2) is 15.0 Å². The van der Waals surface area contributed by atoms with E-state index in [0.717, 1.165) is 6.42 Å². The molecule has 2 aromatic heterocycles. The van der Waals surface area contributed by atoms with Gasteiger partial charge in [0.15, 0.2) is 17.7 Å². The first-order chi connectivity index (χ1) is 11.6. The van der Waals surface area contributed by atoms with Gasteiger partial charge in [0.05, 0.1) is 12.9 Å². The fraction of sp³-hybridized carbons (Fsp3) is 0.667. The van der Waals surface area contributed by atoms with Gasteiger partial charge in [0.2, 0.25) is 0 Å². The molecule has 0 aromatic carbocycles. The van der Waals surface area contributed by atoms with Gasteiger partial charge in [-0.1, -0.05) is 6.92 Å². The molecule has 0 bridgehead atoms. The van der Waals surface area contributed by atoms with E-state index in [1.54, 1.807) is 7.11 Å². The van der Waals surface area contributed by atoms with Gasteiger partial charge in [0.1, 0.15) is 24.1 Å². The van der Waals surface area contributed by atoms with E-state index in [1.807, 2.05) is 13.8 Å². The van der Waals surface area contributed by atoms with Gasteiger partial charge in [-0.2, -0.15) is 0 Å². The molecule has 3 N–H and O–H groups in total. The maximum Gasteiger partial charge on any atom is 0.167 e. The highest BCUT2D eigenvalue weighted by atomic mass is 16.6. The third-order valence-corrected chi connectivity index (χ3v) is 3.62. The van der Waals surface area contributed by atoms with Gasteiger partial charge in [0, 0.05) is 20.3 Å². The number of imidazole rings is 1. The molecule has 0 amide bonds. The predicted octanol–water partition coefficient (Wildman–Crippen LogP) is 0.746. The van der Waals surface area contributed by atoms with Gasteiger partial charge in [-0.3, -0.25) is 4.57 Å². The average Bonchev–Trinajstić information content (AvgIpc) is 3.02. The van der Waals surface area contributed by atoms with E-state index < -0.39 is 18.4 Å². The molecule has 0 radical (unpaired) electrons. The minimum Gasteiger partial charge on any atom is -0.382 e. The normalized spacial score (nSPS) is 15.5. The molecule has 0 spiro atoms. The number of nitrogens with zero attached hydrogens (tertiary/aromatic N) is 4. The molecule has 0 saturated heterocycles. The Morgan fingerprint density at radius 3 is 2.75 bits per heavy atom. The molecule has 0 aliphatic heterocycles. The molecule has 0 fully saturated rings. The van der Waals surface area contributed by atoms with E-state index in [2.05, 4.69) is 15.0 Å². The fourth-order valence-corrected chi connectivity index (χ4v) is 2.44. The number of hydrogen-bond donors (Lipinski definition) is 2. The summed E-state index contributed by atoms with van der Waals surface area (Å²) in [5, 5.41) is 10.8. The van der Waals surface area contributed by atoms with Crippen LogP contribution in [0.3, 0.4) is 0 Å². The first-order valence-electron chi connectivity index (χ1n) is 7.97. The van der Waals surface area contributed by atoms with E-state index in [0.29, 0.717) is 31.0 Å². The molecule has 2 rings (SSSR count). The van der Waals surface area contributed by atoms with Crippen LogP contribution < -0.4 is 5.73 Å². The molecule has 2 heterocycles. The quantitative estimate of drug-likeness (QED) is 0.609. The number of aromatic nitrogens is 4. The summed E-state index contributed by atoms with van der Waals surface area (Å²) in [6.45, 7) is 5.23. The van der Waals surface area contributed by atoms with E-state index >= 15 is 0 Å². The SMILES string of the molecule is CCCOC[C@@H](OC)[C@@H](OCC)[C@H](O)n1cnc2c(N)ncnc21. The van der Waals surface area contributed by atoms with Crippen molar-refractivity contribution in [3.8, 4) is 0 Å². The summed E-state index contributed by atoms with van der Waals surface area (Å²) in [4.78, 5) is 12.2. The number of anilines is 1. The van der Waals surface area contributed by atoms with Crippen molar-refractivity contribution in [2.75, 3.05) is 32.7 Å². The molecule has 0 unspecified atom stereocenters. The molecule has 0 aliphatic carbocycles. The Bertz CT molecular complexity index is 635. The molecule has 3 atom stereocenters. The van der Waals surface area contributed by atoms with Crippen molar-refractivity contribution in [3.05, 3.63) is 12.7 Å². The first-order valence-corrected chi connectivity index (χ1v) is 7.97. The Morgan fingerprint density at radius 1 is 1.29 bits per heavy atom. The van der Waals surface area contributed by atoms with Crippen molar-refractivity contribution in [2.45, 2.75) is 38.7 Å². The van der Waals surface area contributed by atoms with Crippen molar-refractivity contribution in [2.24, 2.45) is 0 Å². The van der Waals surface area contributed by atoms with Crippen molar-refractivity contribution in [1.29, 1.82) is 0 Å². The number of methoxy groups -OCH3 is 1. The first kappa shape index (κ1) is 18.5. The minimum absolute atomic E-state index is 0.258. The molecule has 9 heteroatoms. The van der Waals surface area contributed by atoms with Crippen LogP contribution in [0, 0.1) is 0 Å². The number of aliphatic hydroxyl groups is 1. The van der Waals surface area contributed by atoms with Crippen LogP contribution in [0.2, 0.25) is 0 Å². The lowest BCUT2D eigenvalue weighted by atomic mass is 10.1. The molecule has 0 aliphatic rings. The Balaban J connectivity index is 2.26. The summed E-state index contributed by atoms with van der Waals surface area (Å²) in [5.74, 6) is 0.258. The molecule has 2 aromatic rings. The van der Waals surface area contributed by atoms with Crippen LogP contribution in [0.1, 0.15) is 26.5 Å².